The zero-order chi connectivity index (χ0) is 17.8. The average Bonchev–Trinajstić information content (AvgIpc) is 3.08. The number of hydrogen-bond donors (Lipinski definition) is 0. The molecule has 6 heteroatoms. The van der Waals surface area contributed by atoms with Crippen LogP contribution in [0.15, 0.2) is 65.8 Å². The van der Waals surface area contributed by atoms with E-state index in [2.05, 4.69) is 5.10 Å². The molecular formula is C19H18N2O4. The van der Waals surface area contributed by atoms with Crippen molar-refractivity contribution in [2.45, 2.75) is 6.04 Å². The van der Waals surface area contributed by atoms with Crippen molar-refractivity contribution < 1.29 is 19.1 Å². The fourth-order valence-corrected chi connectivity index (χ4v) is 2.90. The number of esters is 2. The summed E-state index contributed by atoms with van der Waals surface area (Å²) < 4.78 is 9.87. The predicted octanol–water partition coefficient (Wildman–Crippen LogP) is 2.24. The van der Waals surface area contributed by atoms with Crippen LogP contribution in [-0.2, 0) is 19.1 Å². The number of carbonyl (C=O) groups excluding carboxylic acids is 2. The van der Waals surface area contributed by atoms with E-state index in [9.17, 15) is 9.59 Å². The number of nitrogens with zero attached hydrogens (tertiary/aromatic N) is 2. The van der Waals surface area contributed by atoms with Gasteiger partial charge in [0.2, 0.25) is 0 Å². The zero-order valence-corrected chi connectivity index (χ0v) is 14.0. The Kier molecular flexibility index (Phi) is 4.79. The molecule has 0 fully saturated rings. The van der Waals surface area contributed by atoms with E-state index in [1.807, 2.05) is 60.7 Å². The maximum atomic E-state index is 12.5. The molecule has 0 unspecified atom stereocenters. The SMILES string of the molecule is COC(=O)[C@H]1C(c2ccccc2)=NN(c2ccccc2)[C@@H]1C(=O)OC. The van der Waals surface area contributed by atoms with Crippen LogP contribution in [0.5, 0.6) is 0 Å². The Morgan fingerprint density at radius 2 is 1.44 bits per heavy atom. The van der Waals surface area contributed by atoms with Crippen LogP contribution in [0.1, 0.15) is 5.56 Å². The third-order valence-electron chi connectivity index (χ3n) is 4.08. The normalized spacial score (nSPS) is 19.3. The molecule has 2 aromatic rings. The van der Waals surface area contributed by atoms with Gasteiger partial charge in [-0.25, -0.2) is 9.80 Å². The van der Waals surface area contributed by atoms with Crippen molar-refractivity contribution in [3.8, 4) is 0 Å². The highest BCUT2D eigenvalue weighted by atomic mass is 16.5. The number of hydrazone groups is 1. The van der Waals surface area contributed by atoms with Crippen LogP contribution in [0.25, 0.3) is 0 Å². The molecule has 0 aromatic heterocycles. The second kappa shape index (κ2) is 7.17. The Labute approximate surface area is 145 Å². The van der Waals surface area contributed by atoms with Gasteiger partial charge in [0.1, 0.15) is 5.92 Å². The fraction of sp³-hybridized carbons (Fsp3) is 0.211. The van der Waals surface area contributed by atoms with E-state index in [0.717, 1.165) is 5.56 Å². The van der Waals surface area contributed by atoms with Gasteiger partial charge in [0.15, 0.2) is 6.04 Å². The Bertz CT molecular complexity index is 790. The van der Waals surface area contributed by atoms with E-state index >= 15 is 0 Å². The number of benzene rings is 2. The minimum absolute atomic E-state index is 0.478. The van der Waals surface area contributed by atoms with E-state index in [1.54, 1.807) is 0 Å². The minimum Gasteiger partial charge on any atom is -0.468 e. The lowest BCUT2D eigenvalue weighted by molar-refractivity contribution is -0.150. The minimum atomic E-state index is -0.921. The highest BCUT2D eigenvalue weighted by Gasteiger charge is 2.48. The smallest absolute Gasteiger partial charge is 0.332 e. The standard InChI is InChI=1S/C19H18N2O4/c1-24-18(22)15-16(13-9-5-3-6-10-13)20-21(17(15)19(23)25-2)14-11-7-4-8-12-14/h3-12,15,17H,1-2H3/t15-,17-/m0/s1. The van der Waals surface area contributed by atoms with E-state index in [1.165, 1.54) is 19.2 Å². The second-order valence-electron chi connectivity index (χ2n) is 5.50. The van der Waals surface area contributed by atoms with Crippen molar-refractivity contribution >= 4 is 23.3 Å². The summed E-state index contributed by atoms with van der Waals surface area (Å²) in [5, 5.41) is 6.10. The molecule has 1 aliphatic heterocycles. The largest absolute Gasteiger partial charge is 0.468 e. The quantitative estimate of drug-likeness (QED) is 0.800. The molecule has 3 rings (SSSR count). The van der Waals surface area contributed by atoms with Gasteiger partial charge in [-0.15, -0.1) is 0 Å². The number of hydrogen-bond acceptors (Lipinski definition) is 6. The molecule has 0 saturated carbocycles. The van der Waals surface area contributed by atoms with Crippen LogP contribution in [0.3, 0.4) is 0 Å². The van der Waals surface area contributed by atoms with Crippen molar-refractivity contribution in [3.63, 3.8) is 0 Å². The summed E-state index contributed by atoms with van der Waals surface area (Å²) in [6.07, 6.45) is 0. The van der Waals surface area contributed by atoms with Gasteiger partial charge < -0.3 is 9.47 Å². The molecule has 0 spiro atoms. The van der Waals surface area contributed by atoms with Crippen molar-refractivity contribution in [1.29, 1.82) is 0 Å². The number of para-hydroxylation sites is 1. The Balaban J connectivity index is 2.14. The van der Waals surface area contributed by atoms with Gasteiger partial charge in [0.25, 0.3) is 0 Å². The van der Waals surface area contributed by atoms with Crippen LogP contribution in [-0.4, -0.2) is 37.9 Å². The third kappa shape index (κ3) is 3.10. The first-order valence-electron chi connectivity index (χ1n) is 7.81. The van der Waals surface area contributed by atoms with Crippen molar-refractivity contribution in [2.75, 3.05) is 19.2 Å². The molecular weight excluding hydrogens is 320 g/mol. The summed E-state index contributed by atoms with van der Waals surface area (Å²) in [6, 6.07) is 17.5. The van der Waals surface area contributed by atoms with Gasteiger partial charge in [-0.2, -0.15) is 5.10 Å². The number of ether oxygens (including phenoxy) is 2. The molecule has 0 saturated heterocycles. The molecule has 0 N–H and O–H groups in total. The monoisotopic (exact) mass is 338 g/mol. The summed E-state index contributed by atoms with van der Waals surface area (Å²) in [7, 11) is 2.59. The number of methoxy groups -OCH3 is 2. The van der Waals surface area contributed by atoms with Gasteiger partial charge in [-0.05, 0) is 17.7 Å². The Morgan fingerprint density at radius 3 is 2.00 bits per heavy atom. The maximum Gasteiger partial charge on any atom is 0.332 e. The van der Waals surface area contributed by atoms with Crippen LogP contribution < -0.4 is 5.01 Å². The van der Waals surface area contributed by atoms with E-state index in [4.69, 9.17) is 9.47 Å². The molecule has 2 aromatic carbocycles. The van der Waals surface area contributed by atoms with Gasteiger partial charge in [0, 0.05) is 0 Å². The molecule has 6 nitrogen and oxygen atoms in total. The van der Waals surface area contributed by atoms with Gasteiger partial charge in [0.05, 0.1) is 25.6 Å². The number of anilines is 1. The van der Waals surface area contributed by atoms with Crippen molar-refractivity contribution in [3.05, 3.63) is 66.2 Å². The van der Waals surface area contributed by atoms with Crippen LogP contribution >= 0.6 is 0 Å². The molecule has 25 heavy (non-hydrogen) atoms. The fourth-order valence-electron chi connectivity index (χ4n) is 2.90. The first-order chi connectivity index (χ1) is 12.2. The predicted molar refractivity (Wildman–Crippen MR) is 93.2 cm³/mol. The molecule has 0 amide bonds. The molecule has 0 bridgehead atoms. The zero-order valence-electron chi connectivity index (χ0n) is 14.0. The molecule has 1 aliphatic rings. The van der Waals surface area contributed by atoms with Crippen LogP contribution in [0, 0.1) is 5.92 Å². The van der Waals surface area contributed by atoms with Gasteiger partial charge >= 0.3 is 11.9 Å². The summed E-state index contributed by atoms with van der Waals surface area (Å²) >= 11 is 0. The first-order valence-corrected chi connectivity index (χ1v) is 7.81. The summed E-state index contributed by atoms with van der Waals surface area (Å²) in [5.74, 6) is -1.95. The second-order valence-corrected chi connectivity index (χ2v) is 5.50. The molecule has 128 valence electrons. The number of carbonyl (C=O) groups is 2. The average molecular weight is 338 g/mol. The lowest BCUT2D eigenvalue weighted by Crippen LogP contribution is -2.45. The van der Waals surface area contributed by atoms with E-state index in [0.29, 0.717) is 11.4 Å². The van der Waals surface area contributed by atoms with Crippen LogP contribution in [0.4, 0.5) is 5.69 Å². The van der Waals surface area contributed by atoms with Gasteiger partial charge in [-0.1, -0.05) is 48.5 Å². The lowest BCUT2D eigenvalue weighted by atomic mass is 9.91. The van der Waals surface area contributed by atoms with E-state index < -0.39 is 23.9 Å². The van der Waals surface area contributed by atoms with Crippen molar-refractivity contribution in [2.24, 2.45) is 11.0 Å². The Hall–Kier alpha value is -3.15. The summed E-state index contributed by atoms with van der Waals surface area (Å²) in [4.78, 5) is 24.9. The molecule has 0 aliphatic carbocycles. The molecule has 0 radical (unpaired) electrons. The summed E-state index contributed by atoms with van der Waals surface area (Å²) in [6.45, 7) is 0. The van der Waals surface area contributed by atoms with Gasteiger partial charge in [-0.3, -0.25) is 4.79 Å². The highest BCUT2D eigenvalue weighted by Crippen LogP contribution is 2.32. The topological polar surface area (TPSA) is 68.2 Å². The summed E-state index contributed by atoms with van der Waals surface area (Å²) in [5.41, 5.74) is 1.93. The number of rotatable bonds is 4. The highest BCUT2D eigenvalue weighted by molar-refractivity contribution is 6.17. The third-order valence-corrected chi connectivity index (χ3v) is 4.08. The first kappa shape index (κ1) is 16.7. The van der Waals surface area contributed by atoms with Crippen LogP contribution in [0.2, 0.25) is 0 Å². The Morgan fingerprint density at radius 1 is 0.880 bits per heavy atom. The lowest BCUT2D eigenvalue weighted by Gasteiger charge is -2.24. The van der Waals surface area contributed by atoms with Crippen molar-refractivity contribution in [1.82, 2.24) is 0 Å². The van der Waals surface area contributed by atoms with E-state index in [-0.39, 0.29) is 0 Å². The molecule has 2 atom stereocenters. The molecule has 1 heterocycles. The maximum absolute atomic E-state index is 12.5.